The standard InChI is InChI=1S/C22H30N4O2.HI/c1-3-23-21(25-16-19-6-4-5-13-24-19)26-17-22(11-14-28-15-12-22)18-7-9-20(27-2)10-8-18;/h4-10,13H,3,11-12,14-17H2,1-2H3,(H2,23,25,26);1H. The first kappa shape index (κ1) is 23.4. The van der Waals surface area contributed by atoms with Gasteiger partial charge in [-0.05, 0) is 49.6 Å². The van der Waals surface area contributed by atoms with Gasteiger partial charge in [0.15, 0.2) is 5.96 Å². The lowest BCUT2D eigenvalue weighted by atomic mass is 9.74. The van der Waals surface area contributed by atoms with Crippen LogP contribution in [0.15, 0.2) is 53.7 Å². The molecule has 0 spiro atoms. The summed E-state index contributed by atoms with van der Waals surface area (Å²) in [6, 6.07) is 14.3. The second-order valence-corrected chi connectivity index (χ2v) is 6.99. The molecule has 29 heavy (non-hydrogen) atoms. The highest BCUT2D eigenvalue weighted by molar-refractivity contribution is 14.0. The van der Waals surface area contributed by atoms with E-state index < -0.39 is 0 Å². The highest BCUT2D eigenvalue weighted by Crippen LogP contribution is 2.35. The number of ether oxygens (including phenoxy) is 2. The van der Waals surface area contributed by atoms with Crippen molar-refractivity contribution in [2.45, 2.75) is 31.7 Å². The Morgan fingerprint density at radius 3 is 2.52 bits per heavy atom. The number of nitrogens with one attached hydrogen (secondary N) is 2. The zero-order valence-electron chi connectivity index (χ0n) is 17.2. The quantitative estimate of drug-likeness (QED) is 0.339. The minimum absolute atomic E-state index is 0. The summed E-state index contributed by atoms with van der Waals surface area (Å²) in [4.78, 5) is 9.05. The predicted octanol–water partition coefficient (Wildman–Crippen LogP) is 3.51. The van der Waals surface area contributed by atoms with E-state index in [1.165, 1.54) is 5.56 Å². The zero-order valence-corrected chi connectivity index (χ0v) is 19.5. The van der Waals surface area contributed by atoms with Crippen molar-refractivity contribution >= 4 is 29.9 Å². The van der Waals surface area contributed by atoms with Crippen LogP contribution < -0.4 is 15.4 Å². The van der Waals surface area contributed by atoms with Crippen molar-refractivity contribution in [3.05, 3.63) is 59.9 Å². The molecule has 0 bridgehead atoms. The molecule has 1 saturated heterocycles. The Kier molecular flexibility index (Phi) is 9.66. The molecule has 2 N–H and O–H groups in total. The molecule has 158 valence electrons. The van der Waals surface area contributed by atoms with E-state index in [-0.39, 0.29) is 29.4 Å². The lowest BCUT2D eigenvalue weighted by Crippen LogP contribution is -2.48. The largest absolute Gasteiger partial charge is 0.497 e. The van der Waals surface area contributed by atoms with E-state index in [1.54, 1.807) is 13.3 Å². The number of pyridine rings is 1. The number of guanidine groups is 1. The number of rotatable bonds is 7. The van der Waals surface area contributed by atoms with Crippen molar-refractivity contribution in [3.8, 4) is 5.75 Å². The summed E-state index contributed by atoms with van der Waals surface area (Å²) in [5.74, 6) is 1.69. The van der Waals surface area contributed by atoms with E-state index in [9.17, 15) is 0 Å². The summed E-state index contributed by atoms with van der Waals surface area (Å²) >= 11 is 0. The maximum Gasteiger partial charge on any atom is 0.191 e. The van der Waals surface area contributed by atoms with Gasteiger partial charge in [-0.2, -0.15) is 0 Å². The normalized spacial score (nSPS) is 15.9. The molecule has 1 aliphatic heterocycles. The summed E-state index contributed by atoms with van der Waals surface area (Å²) in [6.45, 7) is 5.79. The number of aromatic nitrogens is 1. The van der Waals surface area contributed by atoms with Crippen molar-refractivity contribution in [2.75, 3.05) is 33.4 Å². The maximum atomic E-state index is 5.64. The van der Waals surface area contributed by atoms with Gasteiger partial charge in [0.05, 0.1) is 19.3 Å². The monoisotopic (exact) mass is 510 g/mol. The number of hydrogen-bond donors (Lipinski definition) is 2. The first-order valence-electron chi connectivity index (χ1n) is 9.90. The molecule has 1 aromatic carbocycles. The molecule has 1 aromatic heterocycles. The van der Waals surface area contributed by atoms with Crippen LogP contribution in [0.3, 0.4) is 0 Å². The van der Waals surface area contributed by atoms with Crippen LogP contribution in [-0.4, -0.2) is 44.4 Å². The minimum atomic E-state index is 0. The molecular weight excluding hydrogens is 479 g/mol. The van der Waals surface area contributed by atoms with Gasteiger partial charge < -0.3 is 20.1 Å². The number of benzene rings is 1. The van der Waals surface area contributed by atoms with E-state index in [4.69, 9.17) is 14.5 Å². The lowest BCUT2D eigenvalue weighted by Gasteiger charge is -2.38. The van der Waals surface area contributed by atoms with Crippen LogP contribution >= 0.6 is 24.0 Å². The van der Waals surface area contributed by atoms with E-state index in [2.05, 4.69) is 34.7 Å². The smallest absolute Gasteiger partial charge is 0.191 e. The van der Waals surface area contributed by atoms with E-state index in [0.717, 1.165) is 56.5 Å². The Bertz CT molecular complexity index is 747. The molecule has 6 nitrogen and oxygen atoms in total. The van der Waals surface area contributed by atoms with Gasteiger partial charge in [0, 0.05) is 37.9 Å². The number of nitrogens with zero attached hydrogens (tertiary/aromatic N) is 2. The van der Waals surface area contributed by atoms with Crippen LogP contribution in [0.25, 0.3) is 0 Å². The Labute approximate surface area is 190 Å². The first-order valence-corrected chi connectivity index (χ1v) is 9.90. The van der Waals surface area contributed by atoms with E-state index in [0.29, 0.717) is 6.54 Å². The molecule has 3 rings (SSSR count). The van der Waals surface area contributed by atoms with Crippen molar-refractivity contribution in [3.63, 3.8) is 0 Å². The van der Waals surface area contributed by atoms with Crippen molar-refractivity contribution < 1.29 is 9.47 Å². The van der Waals surface area contributed by atoms with Gasteiger partial charge in [0.1, 0.15) is 5.75 Å². The van der Waals surface area contributed by atoms with Crippen LogP contribution in [0.4, 0.5) is 0 Å². The SMILES string of the molecule is CCNC(=NCc1ccccn1)NCC1(c2ccc(OC)cc2)CCOCC1.I. The fourth-order valence-corrected chi connectivity index (χ4v) is 3.52. The summed E-state index contributed by atoms with van der Waals surface area (Å²) in [7, 11) is 1.70. The molecule has 0 aliphatic carbocycles. The molecule has 2 heterocycles. The van der Waals surface area contributed by atoms with Crippen molar-refractivity contribution in [2.24, 2.45) is 4.99 Å². The zero-order chi connectivity index (χ0) is 19.7. The highest BCUT2D eigenvalue weighted by Gasteiger charge is 2.34. The molecule has 7 heteroatoms. The minimum Gasteiger partial charge on any atom is -0.497 e. The molecule has 2 aromatic rings. The van der Waals surface area contributed by atoms with Crippen LogP contribution in [0.5, 0.6) is 5.75 Å². The Balaban J connectivity index is 0.00000300. The second-order valence-electron chi connectivity index (χ2n) is 6.99. The maximum absolute atomic E-state index is 5.64. The Hall–Kier alpha value is -1.87. The van der Waals surface area contributed by atoms with Gasteiger partial charge in [0.2, 0.25) is 0 Å². The molecule has 0 amide bonds. The van der Waals surface area contributed by atoms with Crippen molar-refractivity contribution in [1.29, 1.82) is 0 Å². The van der Waals surface area contributed by atoms with Crippen LogP contribution in [0, 0.1) is 0 Å². The Morgan fingerprint density at radius 1 is 1.14 bits per heavy atom. The number of halogens is 1. The summed E-state index contributed by atoms with van der Waals surface area (Å²) < 4.78 is 11.0. The van der Waals surface area contributed by atoms with Gasteiger partial charge >= 0.3 is 0 Å². The van der Waals surface area contributed by atoms with Crippen LogP contribution in [0.2, 0.25) is 0 Å². The highest BCUT2D eigenvalue weighted by atomic mass is 127. The molecule has 0 atom stereocenters. The van der Waals surface area contributed by atoms with Gasteiger partial charge in [-0.1, -0.05) is 18.2 Å². The Morgan fingerprint density at radius 2 is 1.90 bits per heavy atom. The third-order valence-electron chi connectivity index (χ3n) is 5.22. The molecule has 1 fully saturated rings. The topological polar surface area (TPSA) is 67.8 Å². The second kappa shape index (κ2) is 12.0. The average Bonchev–Trinajstić information content (AvgIpc) is 2.77. The molecule has 1 aliphatic rings. The van der Waals surface area contributed by atoms with Gasteiger partial charge in [-0.15, -0.1) is 24.0 Å². The van der Waals surface area contributed by atoms with E-state index in [1.807, 2.05) is 30.3 Å². The van der Waals surface area contributed by atoms with Gasteiger partial charge in [0.25, 0.3) is 0 Å². The van der Waals surface area contributed by atoms with Crippen LogP contribution in [-0.2, 0) is 16.7 Å². The summed E-state index contributed by atoms with van der Waals surface area (Å²) in [5, 5.41) is 6.89. The number of hydrogen-bond acceptors (Lipinski definition) is 4. The fraction of sp³-hybridized carbons (Fsp3) is 0.455. The molecular formula is C22H31IN4O2. The fourth-order valence-electron chi connectivity index (χ4n) is 3.52. The van der Waals surface area contributed by atoms with Crippen LogP contribution in [0.1, 0.15) is 31.0 Å². The average molecular weight is 510 g/mol. The molecule has 0 radical (unpaired) electrons. The molecule has 0 saturated carbocycles. The van der Waals surface area contributed by atoms with Crippen molar-refractivity contribution in [1.82, 2.24) is 15.6 Å². The number of methoxy groups -OCH3 is 1. The van der Waals surface area contributed by atoms with Gasteiger partial charge in [-0.25, -0.2) is 4.99 Å². The third-order valence-corrected chi connectivity index (χ3v) is 5.22. The summed E-state index contributed by atoms with van der Waals surface area (Å²) in [6.07, 6.45) is 3.75. The van der Waals surface area contributed by atoms with Gasteiger partial charge in [-0.3, -0.25) is 4.98 Å². The summed E-state index contributed by atoms with van der Waals surface area (Å²) in [5.41, 5.74) is 2.28. The number of aliphatic imine (C=N–C) groups is 1. The third kappa shape index (κ3) is 6.57. The lowest BCUT2D eigenvalue weighted by molar-refractivity contribution is 0.0513. The molecule has 0 unspecified atom stereocenters. The first-order chi connectivity index (χ1) is 13.8. The predicted molar refractivity (Wildman–Crippen MR) is 127 cm³/mol. The van der Waals surface area contributed by atoms with E-state index >= 15 is 0 Å².